The molecular formula is C15H19ClN2O3. The predicted molar refractivity (Wildman–Crippen MR) is 82.1 cm³/mol. The lowest BCUT2D eigenvalue weighted by molar-refractivity contribution is 0.0697. The van der Waals surface area contributed by atoms with Gasteiger partial charge in [-0.1, -0.05) is 24.9 Å². The van der Waals surface area contributed by atoms with Crippen molar-refractivity contribution in [3.8, 4) is 0 Å². The number of unbranched alkanes of at least 4 members (excludes halogenated alkanes) is 1. The molecule has 0 heterocycles. The van der Waals surface area contributed by atoms with Crippen LogP contribution in [0.1, 0.15) is 43.0 Å². The Morgan fingerprint density at radius 3 is 2.67 bits per heavy atom. The molecule has 0 saturated heterocycles. The molecule has 1 aromatic rings. The van der Waals surface area contributed by atoms with Gasteiger partial charge in [0.15, 0.2) is 0 Å². The zero-order valence-electron chi connectivity index (χ0n) is 11.9. The lowest BCUT2D eigenvalue weighted by Crippen LogP contribution is -2.37. The largest absolute Gasteiger partial charge is 0.478 e. The molecule has 1 aliphatic carbocycles. The van der Waals surface area contributed by atoms with Gasteiger partial charge in [-0.2, -0.15) is 0 Å². The van der Waals surface area contributed by atoms with Crippen LogP contribution in [-0.4, -0.2) is 34.6 Å². The fraction of sp³-hybridized carbons (Fsp3) is 0.467. The summed E-state index contributed by atoms with van der Waals surface area (Å²) in [5, 5.41) is 12.0. The highest BCUT2D eigenvalue weighted by molar-refractivity contribution is 6.31. The van der Waals surface area contributed by atoms with Crippen molar-refractivity contribution in [2.24, 2.45) is 0 Å². The third kappa shape index (κ3) is 4.36. The second kappa shape index (κ2) is 6.80. The molecule has 1 aliphatic rings. The summed E-state index contributed by atoms with van der Waals surface area (Å²) in [6.07, 6.45) is 4.05. The van der Waals surface area contributed by atoms with Crippen LogP contribution in [0.15, 0.2) is 18.2 Å². The number of benzene rings is 1. The van der Waals surface area contributed by atoms with Crippen LogP contribution in [0.5, 0.6) is 0 Å². The van der Waals surface area contributed by atoms with Crippen molar-refractivity contribution in [2.75, 3.05) is 11.9 Å². The van der Waals surface area contributed by atoms with Crippen LogP contribution in [-0.2, 0) is 0 Å². The average molecular weight is 311 g/mol. The smallest absolute Gasteiger partial charge is 0.335 e. The monoisotopic (exact) mass is 310 g/mol. The molecule has 2 N–H and O–H groups in total. The second-order valence-corrected chi connectivity index (χ2v) is 5.68. The van der Waals surface area contributed by atoms with Crippen LogP contribution in [0, 0.1) is 0 Å². The van der Waals surface area contributed by atoms with Gasteiger partial charge in [0.2, 0.25) is 0 Å². The Kier molecular flexibility index (Phi) is 5.07. The van der Waals surface area contributed by atoms with E-state index in [2.05, 4.69) is 12.2 Å². The van der Waals surface area contributed by atoms with Crippen LogP contribution in [0.3, 0.4) is 0 Å². The first-order valence-electron chi connectivity index (χ1n) is 7.12. The van der Waals surface area contributed by atoms with E-state index in [4.69, 9.17) is 16.7 Å². The van der Waals surface area contributed by atoms with Crippen molar-refractivity contribution in [1.82, 2.24) is 4.90 Å². The normalized spacial score (nSPS) is 13.8. The van der Waals surface area contributed by atoms with Gasteiger partial charge in [0.1, 0.15) is 0 Å². The molecule has 1 aromatic carbocycles. The van der Waals surface area contributed by atoms with Crippen LogP contribution >= 0.6 is 11.6 Å². The van der Waals surface area contributed by atoms with Crippen molar-refractivity contribution < 1.29 is 14.7 Å². The third-order valence-electron chi connectivity index (χ3n) is 3.40. The van der Waals surface area contributed by atoms with Crippen molar-refractivity contribution in [1.29, 1.82) is 0 Å². The summed E-state index contributed by atoms with van der Waals surface area (Å²) in [5.74, 6) is -1.07. The Bertz CT molecular complexity index is 544. The highest BCUT2D eigenvalue weighted by Crippen LogP contribution is 2.28. The number of amides is 2. The summed E-state index contributed by atoms with van der Waals surface area (Å²) in [7, 11) is 0. The zero-order chi connectivity index (χ0) is 15.4. The second-order valence-electron chi connectivity index (χ2n) is 5.24. The summed E-state index contributed by atoms with van der Waals surface area (Å²) in [6, 6.07) is 4.45. The molecule has 0 bridgehead atoms. The quantitative estimate of drug-likeness (QED) is 0.838. The fourth-order valence-corrected chi connectivity index (χ4v) is 2.38. The Hall–Kier alpha value is -1.75. The number of rotatable bonds is 6. The summed E-state index contributed by atoms with van der Waals surface area (Å²) >= 11 is 5.89. The van der Waals surface area contributed by atoms with Crippen molar-refractivity contribution in [3.05, 3.63) is 28.8 Å². The Morgan fingerprint density at radius 1 is 1.38 bits per heavy atom. The minimum absolute atomic E-state index is 0.0596. The van der Waals surface area contributed by atoms with Gasteiger partial charge in [0.25, 0.3) is 0 Å². The Morgan fingerprint density at radius 2 is 2.10 bits per heavy atom. The minimum atomic E-state index is -1.07. The molecule has 0 spiro atoms. The first-order chi connectivity index (χ1) is 10.0. The van der Waals surface area contributed by atoms with Crippen LogP contribution < -0.4 is 5.32 Å². The minimum Gasteiger partial charge on any atom is -0.478 e. The number of anilines is 1. The molecular weight excluding hydrogens is 292 g/mol. The number of aromatic carboxylic acids is 1. The zero-order valence-corrected chi connectivity index (χ0v) is 12.7. The number of carboxylic acid groups (broad SMARTS) is 1. The molecule has 0 aliphatic heterocycles. The molecule has 21 heavy (non-hydrogen) atoms. The van der Waals surface area contributed by atoms with Crippen LogP contribution in [0.4, 0.5) is 10.5 Å². The van der Waals surface area contributed by atoms with Crippen molar-refractivity contribution in [2.45, 2.75) is 38.6 Å². The van der Waals surface area contributed by atoms with Crippen LogP contribution in [0.25, 0.3) is 0 Å². The lowest BCUT2D eigenvalue weighted by Gasteiger charge is -2.22. The molecule has 5 nitrogen and oxygen atoms in total. The van der Waals surface area contributed by atoms with Gasteiger partial charge in [-0.3, -0.25) is 0 Å². The van der Waals surface area contributed by atoms with Gasteiger partial charge in [-0.15, -0.1) is 0 Å². The number of carbonyl (C=O) groups is 2. The number of hydrogen-bond donors (Lipinski definition) is 2. The number of hydrogen-bond acceptors (Lipinski definition) is 2. The first kappa shape index (κ1) is 15.6. The van der Waals surface area contributed by atoms with E-state index in [1.165, 1.54) is 12.1 Å². The summed E-state index contributed by atoms with van der Waals surface area (Å²) in [4.78, 5) is 25.1. The van der Waals surface area contributed by atoms with E-state index < -0.39 is 5.97 Å². The predicted octanol–water partition coefficient (Wildman–Crippen LogP) is 3.83. The molecule has 0 atom stereocenters. The number of halogens is 1. The van der Waals surface area contributed by atoms with E-state index in [0.717, 1.165) is 32.2 Å². The summed E-state index contributed by atoms with van der Waals surface area (Å²) < 4.78 is 0. The Balaban J connectivity index is 2.08. The maximum absolute atomic E-state index is 12.3. The van der Waals surface area contributed by atoms with Crippen molar-refractivity contribution >= 4 is 29.3 Å². The van der Waals surface area contributed by atoms with E-state index in [1.54, 1.807) is 6.07 Å². The summed E-state index contributed by atoms with van der Waals surface area (Å²) in [5.41, 5.74) is 0.469. The number of urea groups is 1. The summed E-state index contributed by atoms with van der Waals surface area (Å²) in [6.45, 7) is 2.80. The third-order valence-corrected chi connectivity index (χ3v) is 3.62. The maximum Gasteiger partial charge on any atom is 0.335 e. The SMILES string of the molecule is CCCCN(C(=O)Nc1cc(Cl)cc(C(=O)O)c1)C1CC1. The van der Waals surface area contributed by atoms with Gasteiger partial charge in [-0.05, 0) is 37.5 Å². The molecule has 0 radical (unpaired) electrons. The fourth-order valence-electron chi connectivity index (χ4n) is 2.15. The lowest BCUT2D eigenvalue weighted by atomic mass is 10.2. The van der Waals surface area contributed by atoms with Gasteiger partial charge >= 0.3 is 12.0 Å². The Labute approximate surface area is 128 Å². The van der Waals surface area contributed by atoms with Crippen molar-refractivity contribution in [3.63, 3.8) is 0 Å². The van der Waals surface area contributed by atoms with E-state index in [0.29, 0.717) is 11.7 Å². The number of carbonyl (C=O) groups excluding carboxylic acids is 1. The molecule has 1 saturated carbocycles. The van der Waals surface area contributed by atoms with Crippen LogP contribution in [0.2, 0.25) is 5.02 Å². The molecule has 2 rings (SSSR count). The molecule has 2 amide bonds. The molecule has 0 aromatic heterocycles. The number of carboxylic acids is 1. The number of nitrogens with one attached hydrogen (secondary N) is 1. The molecule has 114 valence electrons. The van der Waals surface area contributed by atoms with Gasteiger partial charge in [0.05, 0.1) is 5.56 Å². The van der Waals surface area contributed by atoms with E-state index >= 15 is 0 Å². The number of nitrogens with zero attached hydrogens (tertiary/aromatic N) is 1. The molecule has 0 unspecified atom stereocenters. The van der Waals surface area contributed by atoms with E-state index in [1.807, 2.05) is 4.90 Å². The average Bonchev–Trinajstić information content (AvgIpc) is 3.23. The topological polar surface area (TPSA) is 69.6 Å². The molecule has 6 heteroatoms. The van der Waals surface area contributed by atoms with E-state index in [-0.39, 0.29) is 16.6 Å². The highest BCUT2D eigenvalue weighted by Gasteiger charge is 2.32. The van der Waals surface area contributed by atoms with Gasteiger partial charge in [0, 0.05) is 23.3 Å². The highest BCUT2D eigenvalue weighted by atomic mass is 35.5. The molecule has 1 fully saturated rings. The maximum atomic E-state index is 12.3. The van der Waals surface area contributed by atoms with Gasteiger partial charge < -0.3 is 15.3 Å². The first-order valence-corrected chi connectivity index (χ1v) is 7.50. The van der Waals surface area contributed by atoms with Gasteiger partial charge in [-0.25, -0.2) is 9.59 Å². The standard InChI is InChI=1S/C15H19ClN2O3/c1-2-3-6-18(13-4-5-13)15(21)17-12-8-10(14(19)20)7-11(16)9-12/h7-9,13H,2-6H2,1H3,(H,17,21)(H,19,20). The van der Waals surface area contributed by atoms with E-state index in [9.17, 15) is 9.59 Å².